The number of carbonyl (C=O) groups excluding carboxylic acids is 1. The molecule has 1 amide bonds. The first-order valence-corrected chi connectivity index (χ1v) is 8.93. The van der Waals surface area contributed by atoms with Gasteiger partial charge in [0.15, 0.2) is 0 Å². The summed E-state index contributed by atoms with van der Waals surface area (Å²) in [6.07, 6.45) is 2.64. The van der Waals surface area contributed by atoms with Gasteiger partial charge in [0.1, 0.15) is 5.75 Å². The van der Waals surface area contributed by atoms with Crippen LogP contribution in [0.25, 0.3) is 0 Å². The molecule has 1 N–H and O–H groups in total. The molecular weight excluding hydrogens is 306 g/mol. The van der Waals surface area contributed by atoms with E-state index in [1.807, 2.05) is 36.1 Å². The number of likely N-dealkylation sites (tertiary alicyclic amines) is 1. The summed E-state index contributed by atoms with van der Waals surface area (Å²) in [6.45, 7) is 4.16. The summed E-state index contributed by atoms with van der Waals surface area (Å²) in [5, 5.41) is 9.67. The summed E-state index contributed by atoms with van der Waals surface area (Å²) in [4.78, 5) is 14.6. The first-order chi connectivity index (χ1) is 11.6. The molecule has 1 spiro atoms. The van der Waals surface area contributed by atoms with Gasteiger partial charge in [0.25, 0.3) is 0 Å². The fourth-order valence-corrected chi connectivity index (χ4v) is 4.78. The molecule has 3 heterocycles. The summed E-state index contributed by atoms with van der Waals surface area (Å²) >= 11 is 0. The van der Waals surface area contributed by atoms with Crippen LogP contribution in [-0.2, 0) is 16.0 Å². The van der Waals surface area contributed by atoms with E-state index in [1.54, 1.807) is 0 Å². The highest BCUT2D eigenvalue weighted by molar-refractivity contribution is 5.79. The van der Waals surface area contributed by atoms with Crippen LogP contribution in [0, 0.1) is 11.8 Å². The van der Waals surface area contributed by atoms with Gasteiger partial charge in [-0.1, -0.05) is 12.1 Å². The zero-order valence-electron chi connectivity index (χ0n) is 14.1. The number of hydrogen-bond donors (Lipinski definition) is 1. The van der Waals surface area contributed by atoms with Crippen molar-refractivity contribution in [3.8, 4) is 5.75 Å². The van der Waals surface area contributed by atoms with Crippen LogP contribution in [0.2, 0.25) is 0 Å². The Balaban J connectivity index is 1.41. The topological polar surface area (TPSA) is 59.0 Å². The fraction of sp³-hybridized carbons (Fsp3) is 0.632. The number of hydrogen-bond acceptors (Lipinski definition) is 4. The second kappa shape index (κ2) is 6.05. The van der Waals surface area contributed by atoms with Crippen molar-refractivity contribution >= 4 is 5.91 Å². The molecule has 0 radical (unpaired) electrons. The summed E-state index contributed by atoms with van der Waals surface area (Å²) in [5.74, 6) is 1.47. The molecule has 3 fully saturated rings. The third-order valence-corrected chi connectivity index (χ3v) is 5.94. The number of nitrogens with zero attached hydrogens (tertiary/aromatic N) is 1. The zero-order chi connectivity index (χ0) is 16.7. The lowest BCUT2D eigenvalue weighted by molar-refractivity contribution is -0.131. The Morgan fingerprint density at radius 3 is 2.92 bits per heavy atom. The van der Waals surface area contributed by atoms with Crippen molar-refractivity contribution in [1.82, 2.24) is 4.90 Å². The third-order valence-electron chi connectivity index (χ3n) is 5.94. The van der Waals surface area contributed by atoms with Gasteiger partial charge < -0.3 is 19.5 Å². The molecule has 0 saturated carbocycles. The van der Waals surface area contributed by atoms with E-state index in [9.17, 15) is 9.90 Å². The van der Waals surface area contributed by atoms with Crippen LogP contribution in [0.1, 0.15) is 25.3 Å². The van der Waals surface area contributed by atoms with Crippen molar-refractivity contribution in [3.63, 3.8) is 0 Å². The number of carbonyl (C=O) groups is 1. The average molecular weight is 331 g/mol. The van der Waals surface area contributed by atoms with E-state index in [4.69, 9.17) is 9.47 Å². The van der Waals surface area contributed by atoms with E-state index < -0.39 is 0 Å². The molecule has 4 atom stereocenters. The van der Waals surface area contributed by atoms with E-state index >= 15 is 0 Å². The number of aliphatic hydroxyl groups is 1. The lowest BCUT2D eigenvalue weighted by atomic mass is 9.74. The van der Waals surface area contributed by atoms with Crippen LogP contribution < -0.4 is 4.74 Å². The summed E-state index contributed by atoms with van der Waals surface area (Å²) in [7, 11) is 0. The maximum atomic E-state index is 12.7. The fourth-order valence-electron chi connectivity index (χ4n) is 4.78. The van der Waals surface area contributed by atoms with Gasteiger partial charge in [-0.15, -0.1) is 0 Å². The molecule has 0 unspecified atom stereocenters. The van der Waals surface area contributed by atoms with E-state index in [0.29, 0.717) is 25.5 Å². The van der Waals surface area contributed by atoms with Gasteiger partial charge in [0.05, 0.1) is 31.3 Å². The van der Waals surface area contributed by atoms with E-state index in [0.717, 1.165) is 30.7 Å². The largest absolute Gasteiger partial charge is 0.494 e. The maximum absolute atomic E-state index is 12.7. The van der Waals surface area contributed by atoms with E-state index in [1.165, 1.54) is 0 Å². The smallest absolute Gasteiger partial charge is 0.227 e. The predicted octanol–water partition coefficient (Wildman–Crippen LogP) is 1.63. The van der Waals surface area contributed by atoms with Gasteiger partial charge in [-0.25, -0.2) is 0 Å². The van der Waals surface area contributed by atoms with Crippen LogP contribution >= 0.6 is 0 Å². The summed E-state index contributed by atoms with van der Waals surface area (Å²) in [6, 6.07) is 7.74. The molecule has 130 valence electrons. The highest BCUT2D eigenvalue weighted by atomic mass is 16.5. The molecule has 5 heteroatoms. The number of benzene rings is 1. The van der Waals surface area contributed by atoms with Crippen molar-refractivity contribution in [3.05, 3.63) is 29.8 Å². The van der Waals surface area contributed by atoms with Gasteiger partial charge in [-0.05, 0) is 37.5 Å². The van der Waals surface area contributed by atoms with Gasteiger partial charge >= 0.3 is 0 Å². The Hall–Kier alpha value is -1.59. The molecule has 2 bridgehead atoms. The van der Waals surface area contributed by atoms with Crippen molar-refractivity contribution in [2.75, 3.05) is 26.3 Å². The minimum absolute atomic E-state index is 0.145. The molecule has 0 aromatic heterocycles. The quantitative estimate of drug-likeness (QED) is 0.891. The van der Waals surface area contributed by atoms with Crippen molar-refractivity contribution < 1.29 is 19.4 Å². The predicted molar refractivity (Wildman–Crippen MR) is 88.8 cm³/mol. The minimum atomic E-state index is -0.188. The Kier molecular flexibility index (Phi) is 4.01. The number of ether oxygens (including phenoxy) is 2. The Morgan fingerprint density at radius 2 is 2.21 bits per heavy atom. The Labute approximate surface area is 142 Å². The normalized spacial score (nSPS) is 33.8. The molecule has 5 nitrogen and oxygen atoms in total. The van der Waals surface area contributed by atoms with E-state index in [2.05, 4.69) is 0 Å². The molecule has 1 aromatic carbocycles. The van der Waals surface area contributed by atoms with Gasteiger partial charge in [0.2, 0.25) is 5.91 Å². The second-order valence-electron chi connectivity index (χ2n) is 7.24. The molecule has 3 aliphatic rings. The minimum Gasteiger partial charge on any atom is -0.494 e. The highest BCUT2D eigenvalue weighted by Crippen LogP contribution is 2.54. The van der Waals surface area contributed by atoms with Gasteiger partial charge in [-0.3, -0.25) is 4.79 Å². The highest BCUT2D eigenvalue weighted by Gasteiger charge is 2.63. The van der Waals surface area contributed by atoms with Crippen LogP contribution in [0.4, 0.5) is 0 Å². The first kappa shape index (κ1) is 15.9. The molecule has 0 aliphatic carbocycles. The second-order valence-corrected chi connectivity index (χ2v) is 7.24. The lowest BCUT2D eigenvalue weighted by Gasteiger charge is -2.27. The number of fused-ring (bicyclic) bond motifs is 1. The molecular formula is C19H25NO4. The molecule has 3 aliphatic heterocycles. The lowest BCUT2D eigenvalue weighted by Crippen LogP contribution is -2.38. The average Bonchev–Trinajstić information content (AvgIpc) is 3.24. The van der Waals surface area contributed by atoms with Crippen molar-refractivity contribution in [1.29, 1.82) is 0 Å². The van der Waals surface area contributed by atoms with Crippen LogP contribution in [-0.4, -0.2) is 53.9 Å². The third kappa shape index (κ3) is 2.50. The standard InChI is InChI=1S/C19H25NO4/c1-2-23-14-5-3-13(4-6-14)9-18(22)20-10-16-15(11-21)17-7-8-19(16,12-20)24-17/h3-6,15-17,21H,2,7-12H2,1H3/t15-,16+,17+,19+/m0/s1. The SMILES string of the molecule is CCOc1ccc(CC(=O)N2C[C@@H]3[C@H](CO)[C@H]4CC[C@]3(C2)O4)cc1. The van der Waals surface area contributed by atoms with Crippen LogP contribution in [0.5, 0.6) is 5.75 Å². The zero-order valence-corrected chi connectivity index (χ0v) is 14.1. The molecule has 24 heavy (non-hydrogen) atoms. The molecule has 1 aromatic rings. The molecule has 3 saturated heterocycles. The first-order valence-electron chi connectivity index (χ1n) is 8.93. The maximum Gasteiger partial charge on any atom is 0.227 e. The number of amides is 1. The Bertz CT molecular complexity index is 616. The van der Waals surface area contributed by atoms with Crippen molar-refractivity contribution in [2.45, 2.75) is 37.9 Å². The van der Waals surface area contributed by atoms with Crippen LogP contribution in [0.3, 0.4) is 0 Å². The number of rotatable bonds is 5. The monoisotopic (exact) mass is 331 g/mol. The van der Waals surface area contributed by atoms with Crippen molar-refractivity contribution in [2.24, 2.45) is 11.8 Å². The number of aliphatic hydroxyl groups excluding tert-OH is 1. The Morgan fingerprint density at radius 1 is 1.42 bits per heavy atom. The summed E-state index contributed by atoms with van der Waals surface area (Å²) < 4.78 is 11.6. The van der Waals surface area contributed by atoms with Crippen LogP contribution in [0.15, 0.2) is 24.3 Å². The van der Waals surface area contributed by atoms with Gasteiger partial charge in [0, 0.05) is 25.0 Å². The van der Waals surface area contributed by atoms with Gasteiger partial charge in [-0.2, -0.15) is 0 Å². The molecule has 4 rings (SSSR count). The van der Waals surface area contributed by atoms with E-state index in [-0.39, 0.29) is 30.1 Å². The summed E-state index contributed by atoms with van der Waals surface area (Å²) in [5.41, 5.74) is 0.814.